The van der Waals surface area contributed by atoms with Crippen LogP contribution in [0.2, 0.25) is 0 Å². The van der Waals surface area contributed by atoms with E-state index in [0.717, 1.165) is 24.3 Å². The van der Waals surface area contributed by atoms with Crippen LogP contribution in [0.1, 0.15) is 29.9 Å². The zero-order chi connectivity index (χ0) is 23.5. The van der Waals surface area contributed by atoms with Gasteiger partial charge in [0.15, 0.2) is 5.78 Å². The maximum absolute atomic E-state index is 12.9. The largest absolute Gasteiger partial charge is 0.416 e. The second kappa shape index (κ2) is 9.01. The Bertz CT molecular complexity index is 1190. The molecule has 0 spiro atoms. The first-order valence-corrected chi connectivity index (χ1v) is 9.43. The van der Waals surface area contributed by atoms with Crippen molar-refractivity contribution in [1.29, 1.82) is 0 Å². The van der Waals surface area contributed by atoms with E-state index in [9.17, 15) is 27.6 Å². The van der Waals surface area contributed by atoms with Crippen LogP contribution in [0.3, 0.4) is 0 Å². The summed E-state index contributed by atoms with van der Waals surface area (Å²) in [4.78, 5) is 35.0. The van der Waals surface area contributed by atoms with Crippen LogP contribution in [0.25, 0.3) is 16.9 Å². The second-order valence-electron chi connectivity index (χ2n) is 6.94. The first-order valence-electron chi connectivity index (χ1n) is 9.43. The molecular weight excluding hydrogens is 423 g/mol. The van der Waals surface area contributed by atoms with E-state index in [-0.39, 0.29) is 23.1 Å². The minimum absolute atomic E-state index is 0.0724. The lowest BCUT2D eigenvalue weighted by Crippen LogP contribution is -2.09. The lowest BCUT2D eigenvalue weighted by Gasteiger charge is -2.09. The molecule has 0 saturated carbocycles. The summed E-state index contributed by atoms with van der Waals surface area (Å²) in [5, 5.41) is 7.03. The molecule has 9 heteroatoms. The number of nitrogens with zero attached hydrogens (tertiary/aromatic N) is 2. The molecule has 0 unspecified atom stereocenters. The third kappa shape index (κ3) is 5.37. The summed E-state index contributed by atoms with van der Waals surface area (Å²) in [6, 6.07) is 12.4. The standard InChI is InChI=1S/C23H18F3N3O3/c1-14(30)3-12-22(32)21-13-20(16-4-8-18(9-5-16)27-15(2)31)28-29(21)19-10-6-17(7-11-19)23(24,25)26/h3-13H,1-2H3,(H,27,31)/b12-3-. The number of ketones is 2. The van der Waals surface area contributed by atoms with Crippen LogP contribution in [0, 0.1) is 0 Å². The minimum atomic E-state index is -4.49. The van der Waals surface area contributed by atoms with Crippen molar-refractivity contribution < 1.29 is 27.6 Å². The molecule has 1 N–H and O–H groups in total. The predicted octanol–water partition coefficient (Wildman–Crippen LogP) is 4.84. The molecule has 0 aliphatic heterocycles. The molecule has 32 heavy (non-hydrogen) atoms. The van der Waals surface area contributed by atoms with Crippen LogP contribution >= 0.6 is 0 Å². The number of carbonyl (C=O) groups excluding carboxylic acids is 3. The van der Waals surface area contributed by atoms with E-state index >= 15 is 0 Å². The summed E-state index contributed by atoms with van der Waals surface area (Å²) in [6.07, 6.45) is -2.30. The Hall–Kier alpha value is -4.01. The summed E-state index contributed by atoms with van der Waals surface area (Å²) in [5.41, 5.74) is 1.07. The van der Waals surface area contributed by atoms with Crippen molar-refractivity contribution in [3.8, 4) is 16.9 Å². The second-order valence-corrected chi connectivity index (χ2v) is 6.94. The van der Waals surface area contributed by atoms with Gasteiger partial charge in [-0.2, -0.15) is 18.3 Å². The van der Waals surface area contributed by atoms with Crippen molar-refractivity contribution in [3.63, 3.8) is 0 Å². The van der Waals surface area contributed by atoms with E-state index in [2.05, 4.69) is 10.4 Å². The summed E-state index contributed by atoms with van der Waals surface area (Å²) in [5.74, 6) is -1.09. The summed E-state index contributed by atoms with van der Waals surface area (Å²) < 4.78 is 39.9. The van der Waals surface area contributed by atoms with Gasteiger partial charge in [0.1, 0.15) is 5.69 Å². The average molecular weight is 441 g/mol. The van der Waals surface area contributed by atoms with Gasteiger partial charge >= 0.3 is 6.18 Å². The normalized spacial score (nSPS) is 11.5. The van der Waals surface area contributed by atoms with Gasteiger partial charge < -0.3 is 5.32 Å². The molecule has 2 aromatic carbocycles. The van der Waals surface area contributed by atoms with E-state index in [1.165, 1.54) is 36.7 Å². The van der Waals surface area contributed by atoms with Gasteiger partial charge in [0.25, 0.3) is 0 Å². The van der Waals surface area contributed by atoms with E-state index in [1.807, 2.05) is 0 Å². The maximum atomic E-state index is 12.9. The van der Waals surface area contributed by atoms with Crippen molar-refractivity contribution in [3.05, 3.63) is 78.0 Å². The highest BCUT2D eigenvalue weighted by molar-refractivity contribution is 6.07. The highest BCUT2D eigenvalue weighted by Gasteiger charge is 2.30. The summed E-state index contributed by atoms with van der Waals surface area (Å²) in [7, 11) is 0. The first kappa shape index (κ1) is 22.7. The van der Waals surface area contributed by atoms with Crippen LogP contribution < -0.4 is 5.32 Å². The summed E-state index contributed by atoms with van der Waals surface area (Å²) in [6.45, 7) is 2.67. The lowest BCUT2D eigenvalue weighted by molar-refractivity contribution is -0.137. The smallest absolute Gasteiger partial charge is 0.326 e. The first-order chi connectivity index (χ1) is 15.0. The zero-order valence-electron chi connectivity index (χ0n) is 17.1. The SMILES string of the molecule is CC(=O)/C=C\C(=O)c1cc(-c2ccc(NC(C)=O)cc2)nn1-c1ccc(C(F)(F)F)cc1. The van der Waals surface area contributed by atoms with Gasteiger partial charge in [0, 0.05) is 18.2 Å². The molecular formula is C23H18F3N3O3. The summed E-state index contributed by atoms with van der Waals surface area (Å²) >= 11 is 0. The predicted molar refractivity (Wildman–Crippen MR) is 112 cm³/mol. The van der Waals surface area contributed by atoms with Crippen molar-refractivity contribution in [2.75, 3.05) is 5.32 Å². The Balaban J connectivity index is 2.05. The molecule has 164 valence electrons. The number of amides is 1. The molecule has 0 saturated heterocycles. The number of hydrogen-bond donors (Lipinski definition) is 1. The number of anilines is 1. The van der Waals surface area contributed by atoms with Crippen LogP contribution in [-0.4, -0.2) is 27.3 Å². The molecule has 1 aromatic heterocycles. The Kier molecular flexibility index (Phi) is 6.38. The third-order valence-electron chi connectivity index (χ3n) is 4.37. The van der Waals surface area contributed by atoms with Crippen molar-refractivity contribution in [2.45, 2.75) is 20.0 Å². The number of hydrogen-bond acceptors (Lipinski definition) is 4. The average Bonchev–Trinajstić information content (AvgIpc) is 3.17. The Morgan fingerprint density at radius 1 is 0.938 bits per heavy atom. The number of benzene rings is 2. The quantitative estimate of drug-likeness (QED) is 0.438. The number of carbonyl (C=O) groups is 3. The number of halogens is 3. The lowest BCUT2D eigenvalue weighted by atomic mass is 10.1. The molecule has 6 nitrogen and oxygen atoms in total. The van der Waals surface area contributed by atoms with Crippen molar-refractivity contribution in [2.24, 2.45) is 0 Å². The Labute approximate surface area is 181 Å². The maximum Gasteiger partial charge on any atom is 0.416 e. The fourth-order valence-corrected chi connectivity index (χ4v) is 2.89. The van der Waals surface area contributed by atoms with Gasteiger partial charge in [0.2, 0.25) is 11.7 Å². The minimum Gasteiger partial charge on any atom is -0.326 e. The number of rotatable bonds is 6. The number of allylic oxidation sites excluding steroid dienone is 2. The third-order valence-corrected chi connectivity index (χ3v) is 4.37. The van der Waals surface area contributed by atoms with Crippen LogP contribution in [0.15, 0.2) is 66.7 Å². The van der Waals surface area contributed by atoms with Gasteiger partial charge in [-0.25, -0.2) is 4.68 Å². The molecule has 0 bridgehead atoms. The van der Waals surface area contributed by atoms with E-state index in [1.54, 1.807) is 24.3 Å². The highest BCUT2D eigenvalue weighted by Crippen LogP contribution is 2.30. The Morgan fingerprint density at radius 2 is 1.56 bits per heavy atom. The van der Waals surface area contributed by atoms with Crippen LogP contribution in [0.4, 0.5) is 18.9 Å². The fourth-order valence-electron chi connectivity index (χ4n) is 2.89. The Morgan fingerprint density at radius 3 is 2.09 bits per heavy atom. The van der Waals surface area contributed by atoms with E-state index < -0.39 is 17.5 Å². The van der Waals surface area contributed by atoms with Crippen LogP contribution in [-0.2, 0) is 15.8 Å². The monoisotopic (exact) mass is 441 g/mol. The van der Waals surface area contributed by atoms with E-state index in [0.29, 0.717) is 16.9 Å². The van der Waals surface area contributed by atoms with E-state index in [4.69, 9.17) is 0 Å². The topological polar surface area (TPSA) is 81.1 Å². The number of alkyl halides is 3. The zero-order valence-corrected chi connectivity index (χ0v) is 17.1. The van der Waals surface area contributed by atoms with Gasteiger partial charge in [-0.1, -0.05) is 12.1 Å². The van der Waals surface area contributed by atoms with Crippen molar-refractivity contribution in [1.82, 2.24) is 9.78 Å². The molecule has 0 atom stereocenters. The molecule has 0 radical (unpaired) electrons. The molecule has 0 fully saturated rings. The number of aromatic nitrogens is 2. The van der Waals surface area contributed by atoms with Gasteiger partial charge in [0.05, 0.1) is 16.9 Å². The molecule has 3 rings (SSSR count). The number of nitrogens with one attached hydrogen (secondary N) is 1. The molecule has 1 amide bonds. The molecule has 1 heterocycles. The molecule has 3 aromatic rings. The van der Waals surface area contributed by atoms with Gasteiger partial charge in [-0.3, -0.25) is 14.4 Å². The van der Waals surface area contributed by atoms with Crippen molar-refractivity contribution >= 4 is 23.2 Å². The van der Waals surface area contributed by atoms with Gasteiger partial charge in [-0.15, -0.1) is 0 Å². The van der Waals surface area contributed by atoms with Gasteiger partial charge in [-0.05, 0) is 61.5 Å². The fraction of sp³-hybridized carbons (Fsp3) is 0.130. The molecule has 0 aliphatic carbocycles. The van der Waals surface area contributed by atoms with Crippen LogP contribution in [0.5, 0.6) is 0 Å². The highest BCUT2D eigenvalue weighted by atomic mass is 19.4. The molecule has 0 aliphatic rings.